The van der Waals surface area contributed by atoms with E-state index >= 15 is 0 Å². The van der Waals surface area contributed by atoms with E-state index in [1.807, 2.05) is 25.5 Å². The van der Waals surface area contributed by atoms with E-state index in [0.29, 0.717) is 0 Å². The van der Waals surface area contributed by atoms with Crippen molar-refractivity contribution in [3.63, 3.8) is 0 Å². The van der Waals surface area contributed by atoms with E-state index in [9.17, 15) is 0 Å². The largest absolute Gasteiger partial charge is 0.354 e. The number of aromatic nitrogens is 4. The lowest BCUT2D eigenvalue weighted by molar-refractivity contribution is 0.584. The zero-order chi connectivity index (χ0) is 12.4. The summed E-state index contributed by atoms with van der Waals surface area (Å²) in [6.07, 6.45) is 5.41. The Kier molecular flexibility index (Phi) is 2.93. The van der Waals surface area contributed by atoms with Gasteiger partial charge in [-0.15, -0.1) is 0 Å². The highest BCUT2D eigenvalue weighted by Crippen LogP contribution is 2.20. The van der Waals surface area contributed by atoms with E-state index in [0.717, 1.165) is 43.3 Å². The van der Waals surface area contributed by atoms with E-state index in [1.54, 1.807) is 11.0 Å². The molecule has 0 amide bonds. The Hall–Kier alpha value is -1.95. The summed E-state index contributed by atoms with van der Waals surface area (Å²) in [7, 11) is 1.90. The molecule has 0 saturated carbocycles. The minimum Gasteiger partial charge on any atom is -0.354 e. The molecule has 3 rings (SSSR count). The van der Waals surface area contributed by atoms with Gasteiger partial charge in [0.2, 0.25) is 0 Å². The van der Waals surface area contributed by atoms with Crippen molar-refractivity contribution in [2.24, 2.45) is 7.05 Å². The number of nitrogens with one attached hydrogen (secondary N) is 1. The molecule has 1 saturated heterocycles. The Morgan fingerprint density at radius 2 is 2.06 bits per heavy atom. The van der Waals surface area contributed by atoms with Crippen LogP contribution >= 0.6 is 0 Å². The molecule has 94 valence electrons. The summed E-state index contributed by atoms with van der Waals surface area (Å²) in [6.45, 7) is 3.99. The molecule has 6 nitrogen and oxygen atoms in total. The van der Waals surface area contributed by atoms with Gasteiger partial charge < -0.3 is 10.2 Å². The number of rotatable bonds is 2. The fourth-order valence-electron chi connectivity index (χ4n) is 2.13. The van der Waals surface area contributed by atoms with Crippen LogP contribution in [0.25, 0.3) is 11.3 Å². The quantitative estimate of drug-likeness (QED) is 0.822. The van der Waals surface area contributed by atoms with Crippen molar-refractivity contribution >= 4 is 5.82 Å². The molecular weight excluding hydrogens is 228 g/mol. The fraction of sp³-hybridized carbons (Fsp3) is 0.417. The normalized spacial score (nSPS) is 15.9. The van der Waals surface area contributed by atoms with Gasteiger partial charge in [-0.3, -0.25) is 4.68 Å². The lowest BCUT2D eigenvalue weighted by Crippen LogP contribution is -2.43. The second-order valence-electron chi connectivity index (χ2n) is 4.40. The predicted octanol–water partition coefficient (Wildman–Crippen LogP) is 0.287. The van der Waals surface area contributed by atoms with Crippen LogP contribution in [0.4, 0.5) is 5.82 Å². The topological polar surface area (TPSA) is 58.9 Å². The Morgan fingerprint density at radius 1 is 1.22 bits per heavy atom. The van der Waals surface area contributed by atoms with Gasteiger partial charge in [0.25, 0.3) is 0 Å². The molecule has 1 fully saturated rings. The minimum atomic E-state index is 0.923. The van der Waals surface area contributed by atoms with Crippen molar-refractivity contribution in [1.82, 2.24) is 25.1 Å². The van der Waals surface area contributed by atoms with Crippen molar-refractivity contribution in [2.45, 2.75) is 0 Å². The van der Waals surface area contributed by atoms with Crippen molar-refractivity contribution in [3.8, 4) is 11.3 Å². The van der Waals surface area contributed by atoms with E-state index in [-0.39, 0.29) is 0 Å². The van der Waals surface area contributed by atoms with Crippen LogP contribution in [0.3, 0.4) is 0 Å². The van der Waals surface area contributed by atoms with Crippen molar-refractivity contribution in [1.29, 1.82) is 0 Å². The second kappa shape index (κ2) is 4.73. The first-order valence-corrected chi connectivity index (χ1v) is 6.10. The molecule has 0 bridgehead atoms. The molecule has 2 aromatic rings. The highest BCUT2D eigenvalue weighted by Gasteiger charge is 2.13. The average Bonchev–Trinajstić information content (AvgIpc) is 2.87. The molecule has 0 spiro atoms. The Bertz CT molecular complexity index is 529. The predicted molar refractivity (Wildman–Crippen MR) is 69.3 cm³/mol. The summed E-state index contributed by atoms with van der Waals surface area (Å²) in [5, 5.41) is 7.50. The first kappa shape index (κ1) is 11.2. The van der Waals surface area contributed by atoms with Crippen LogP contribution < -0.4 is 10.2 Å². The van der Waals surface area contributed by atoms with Gasteiger partial charge in [-0.05, 0) is 0 Å². The van der Waals surface area contributed by atoms with Crippen LogP contribution in [0.5, 0.6) is 0 Å². The summed E-state index contributed by atoms with van der Waals surface area (Å²) < 4.78 is 1.78. The average molecular weight is 244 g/mol. The third-order valence-corrected chi connectivity index (χ3v) is 3.09. The summed E-state index contributed by atoms with van der Waals surface area (Å²) in [5.74, 6) is 0.991. The molecule has 0 aliphatic carbocycles. The molecule has 0 aromatic carbocycles. The maximum atomic E-state index is 4.36. The number of hydrogen-bond donors (Lipinski definition) is 1. The van der Waals surface area contributed by atoms with E-state index in [4.69, 9.17) is 0 Å². The Labute approximate surface area is 106 Å². The first-order valence-electron chi connectivity index (χ1n) is 6.10. The molecule has 0 radical (unpaired) electrons. The lowest BCUT2D eigenvalue weighted by atomic mass is 10.2. The molecule has 3 heterocycles. The molecule has 6 heteroatoms. The van der Waals surface area contributed by atoms with E-state index in [1.165, 1.54) is 0 Å². The highest BCUT2D eigenvalue weighted by molar-refractivity contribution is 5.61. The number of nitrogens with zero attached hydrogens (tertiary/aromatic N) is 5. The summed E-state index contributed by atoms with van der Waals surface area (Å²) in [5.41, 5.74) is 1.95. The van der Waals surface area contributed by atoms with Crippen LogP contribution in [0.1, 0.15) is 0 Å². The summed E-state index contributed by atoms with van der Waals surface area (Å²) >= 11 is 0. The van der Waals surface area contributed by atoms with Crippen LogP contribution in [-0.2, 0) is 7.05 Å². The van der Waals surface area contributed by atoms with Gasteiger partial charge in [-0.2, -0.15) is 5.10 Å². The van der Waals surface area contributed by atoms with Gasteiger partial charge in [-0.1, -0.05) is 0 Å². The fourth-order valence-corrected chi connectivity index (χ4v) is 2.13. The van der Waals surface area contributed by atoms with Crippen LogP contribution in [0, 0.1) is 0 Å². The first-order chi connectivity index (χ1) is 8.83. The van der Waals surface area contributed by atoms with E-state index < -0.39 is 0 Å². The summed E-state index contributed by atoms with van der Waals surface area (Å²) in [4.78, 5) is 10.9. The smallest absolute Gasteiger partial charge is 0.132 e. The lowest BCUT2D eigenvalue weighted by Gasteiger charge is -2.28. The standard InChI is InChI=1S/C12H16N6/c1-17-8-10(7-16-17)11-6-12(15-9-14-11)18-4-2-13-3-5-18/h6-9,13H,2-5H2,1H3. The van der Waals surface area contributed by atoms with Crippen LogP contribution in [-0.4, -0.2) is 45.9 Å². The highest BCUT2D eigenvalue weighted by atomic mass is 15.2. The third-order valence-electron chi connectivity index (χ3n) is 3.09. The molecular formula is C12H16N6. The minimum absolute atomic E-state index is 0.923. The molecule has 0 unspecified atom stereocenters. The Morgan fingerprint density at radius 3 is 2.78 bits per heavy atom. The maximum Gasteiger partial charge on any atom is 0.132 e. The Balaban J connectivity index is 1.88. The monoisotopic (exact) mass is 244 g/mol. The zero-order valence-electron chi connectivity index (χ0n) is 10.4. The maximum absolute atomic E-state index is 4.36. The zero-order valence-corrected chi connectivity index (χ0v) is 10.4. The van der Waals surface area contributed by atoms with Crippen LogP contribution in [0.15, 0.2) is 24.8 Å². The molecule has 2 aromatic heterocycles. The summed E-state index contributed by atoms with van der Waals surface area (Å²) in [6, 6.07) is 2.03. The number of hydrogen-bond acceptors (Lipinski definition) is 5. The van der Waals surface area contributed by atoms with Crippen molar-refractivity contribution in [3.05, 3.63) is 24.8 Å². The van der Waals surface area contributed by atoms with Gasteiger partial charge in [0.15, 0.2) is 0 Å². The molecule has 1 aliphatic rings. The molecule has 1 aliphatic heterocycles. The molecule has 0 atom stereocenters. The van der Waals surface area contributed by atoms with Gasteiger partial charge >= 0.3 is 0 Å². The van der Waals surface area contributed by atoms with Gasteiger partial charge in [0.1, 0.15) is 12.1 Å². The van der Waals surface area contributed by atoms with Gasteiger partial charge in [0, 0.05) is 51.1 Å². The second-order valence-corrected chi connectivity index (χ2v) is 4.40. The number of piperazine rings is 1. The number of anilines is 1. The SMILES string of the molecule is Cn1cc(-c2cc(N3CCNCC3)ncn2)cn1. The van der Waals surface area contributed by atoms with E-state index in [2.05, 4.69) is 25.3 Å². The van der Waals surface area contributed by atoms with Gasteiger partial charge in [-0.25, -0.2) is 9.97 Å². The molecule has 18 heavy (non-hydrogen) atoms. The van der Waals surface area contributed by atoms with Crippen molar-refractivity contribution in [2.75, 3.05) is 31.1 Å². The third kappa shape index (κ3) is 2.19. The number of aryl methyl sites for hydroxylation is 1. The van der Waals surface area contributed by atoms with Crippen LogP contribution in [0.2, 0.25) is 0 Å². The van der Waals surface area contributed by atoms with Crippen molar-refractivity contribution < 1.29 is 0 Å². The molecule has 1 N–H and O–H groups in total. The van der Waals surface area contributed by atoms with Gasteiger partial charge in [0.05, 0.1) is 11.9 Å².